The molecule has 0 fully saturated rings. The first-order valence-corrected chi connectivity index (χ1v) is 2.98. The third-order valence-electron chi connectivity index (χ3n) is 0.885. The fraction of sp³-hybridized carbons (Fsp3) is 0.500. The van der Waals surface area contributed by atoms with Gasteiger partial charge in [-0.05, 0) is 0 Å². The van der Waals surface area contributed by atoms with Crippen molar-refractivity contribution in [2.75, 3.05) is 7.11 Å². The smallest absolute Gasteiger partial charge is 0.460 e. The van der Waals surface area contributed by atoms with Crippen LogP contribution in [-0.4, -0.2) is 25.6 Å². The largest absolute Gasteiger partial charge is 0.466 e. The van der Waals surface area contributed by atoms with E-state index >= 15 is 0 Å². The third kappa shape index (κ3) is 4.34. The van der Waals surface area contributed by atoms with Crippen molar-refractivity contribution in [2.24, 2.45) is 0 Å². The van der Waals surface area contributed by atoms with E-state index in [1.165, 1.54) is 0 Å². The van der Waals surface area contributed by atoms with E-state index in [0.717, 1.165) is 7.11 Å². The Labute approximate surface area is 70.9 Å². The van der Waals surface area contributed by atoms with Gasteiger partial charge < -0.3 is 9.47 Å². The van der Waals surface area contributed by atoms with Crippen LogP contribution in [0.3, 0.4) is 0 Å². The third-order valence-corrected chi connectivity index (χ3v) is 0.885. The van der Waals surface area contributed by atoms with Crippen molar-refractivity contribution >= 4 is 5.97 Å². The van der Waals surface area contributed by atoms with Crippen molar-refractivity contribution in [1.82, 2.24) is 0 Å². The van der Waals surface area contributed by atoms with E-state index in [1.54, 1.807) is 0 Å². The number of alkyl halides is 4. The zero-order valence-corrected chi connectivity index (χ0v) is 6.47. The molecule has 0 bridgehead atoms. The Morgan fingerprint density at radius 1 is 1.46 bits per heavy atom. The van der Waals surface area contributed by atoms with Crippen molar-refractivity contribution in [1.29, 1.82) is 0 Å². The summed E-state index contributed by atoms with van der Waals surface area (Å²) < 4.78 is 53.9. The predicted octanol–water partition coefficient (Wildman–Crippen LogP) is 1.55. The van der Waals surface area contributed by atoms with Gasteiger partial charge in [0.25, 0.3) is 0 Å². The van der Waals surface area contributed by atoms with Gasteiger partial charge in [-0.25, -0.2) is 4.79 Å². The molecular formula is C6H6F4O3. The maximum atomic E-state index is 11.9. The molecular weight excluding hydrogens is 196 g/mol. The topological polar surface area (TPSA) is 35.5 Å². The minimum Gasteiger partial charge on any atom is -0.466 e. The average molecular weight is 202 g/mol. The summed E-state index contributed by atoms with van der Waals surface area (Å²) in [7, 11) is 0.998. The lowest BCUT2D eigenvalue weighted by Gasteiger charge is -2.12. The fourth-order valence-electron chi connectivity index (χ4n) is 0.300. The number of hydrogen-bond donors (Lipinski definition) is 0. The van der Waals surface area contributed by atoms with Crippen LogP contribution in [0.25, 0.3) is 0 Å². The maximum Gasteiger partial charge on any atom is 0.460 e. The van der Waals surface area contributed by atoms with E-state index in [1.807, 2.05) is 0 Å². The van der Waals surface area contributed by atoms with Crippen molar-refractivity contribution in [3.63, 3.8) is 0 Å². The van der Waals surface area contributed by atoms with Gasteiger partial charge in [0.15, 0.2) is 0 Å². The number of hydrogen-bond acceptors (Lipinski definition) is 3. The number of esters is 1. The molecule has 0 aliphatic carbocycles. The summed E-state index contributed by atoms with van der Waals surface area (Å²) >= 11 is 0. The van der Waals surface area contributed by atoms with Crippen LogP contribution in [0.2, 0.25) is 0 Å². The molecule has 0 amide bonds. The monoisotopic (exact) mass is 202 g/mol. The number of halogens is 4. The van der Waals surface area contributed by atoms with Crippen LogP contribution >= 0.6 is 0 Å². The minimum atomic E-state index is -4.59. The lowest BCUT2D eigenvalue weighted by molar-refractivity contribution is -0.274. The molecule has 0 spiro atoms. The Balaban J connectivity index is 4.01. The molecule has 0 radical (unpaired) electrons. The first kappa shape index (κ1) is 11.7. The highest BCUT2D eigenvalue weighted by molar-refractivity contribution is 5.81. The number of carbonyl (C=O) groups is 1. The summed E-state index contributed by atoms with van der Waals surface area (Å²) in [5.41, 5.74) is 0. The molecule has 0 saturated heterocycles. The van der Waals surface area contributed by atoms with Crippen LogP contribution in [0.4, 0.5) is 17.6 Å². The van der Waals surface area contributed by atoms with E-state index in [4.69, 9.17) is 0 Å². The standard InChI is InChI=1S/C6H6F4O3/c1-12-4(11)2-3-13-6(9,10)5(7)8/h2-3,5H,1H3. The predicted molar refractivity (Wildman–Crippen MR) is 33.2 cm³/mol. The van der Waals surface area contributed by atoms with Gasteiger partial charge in [0.05, 0.1) is 19.4 Å². The summed E-state index contributed by atoms with van der Waals surface area (Å²) in [5.74, 6) is -0.981. The molecule has 0 aromatic rings. The van der Waals surface area contributed by atoms with Gasteiger partial charge in [0.2, 0.25) is 0 Å². The first-order valence-electron chi connectivity index (χ1n) is 2.98. The Kier molecular flexibility index (Phi) is 4.22. The molecule has 0 aliphatic heterocycles. The summed E-state index contributed by atoms with van der Waals surface area (Å²) in [6.07, 6.45) is -7.94. The zero-order chi connectivity index (χ0) is 10.5. The molecule has 76 valence electrons. The van der Waals surface area contributed by atoms with Crippen LogP contribution in [0.15, 0.2) is 12.3 Å². The lowest BCUT2D eigenvalue weighted by atomic mass is 10.6. The van der Waals surface area contributed by atoms with Crippen LogP contribution < -0.4 is 0 Å². The molecule has 0 aromatic heterocycles. The molecule has 0 heterocycles. The van der Waals surface area contributed by atoms with Crippen molar-refractivity contribution in [2.45, 2.75) is 12.5 Å². The van der Waals surface area contributed by atoms with E-state index in [-0.39, 0.29) is 6.26 Å². The van der Waals surface area contributed by atoms with Crippen LogP contribution in [0, 0.1) is 0 Å². The molecule has 0 aliphatic rings. The van der Waals surface area contributed by atoms with Crippen molar-refractivity contribution in [3.8, 4) is 0 Å². The molecule has 0 rings (SSSR count). The van der Waals surface area contributed by atoms with Gasteiger partial charge in [0.1, 0.15) is 0 Å². The number of methoxy groups -OCH3 is 1. The molecule has 0 atom stereocenters. The van der Waals surface area contributed by atoms with Gasteiger partial charge in [-0.3, -0.25) is 0 Å². The van der Waals surface area contributed by atoms with Crippen molar-refractivity contribution in [3.05, 3.63) is 12.3 Å². The molecule has 0 aromatic carbocycles. The minimum absolute atomic E-state index is 0.151. The molecule has 7 heteroatoms. The van der Waals surface area contributed by atoms with E-state index in [9.17, 15) is 22.4 Å². The quantitative estimate of drug-likeness (QED) is 0.300. The van der Waals surface area contributed by atoms with E-state index < -0.39 is 18.5 Å². The van der Waals surface area contributed by atoms with Gasteiger partial charge in [-0.2, -0.15) is 17.6 Å². The van der Waals surface area contributed by atoms with Crippen molar-refractivity contribution < 1.29 is 31.8 Å². The van der Waals surface area contributed by atoms with Crippen LogP contribution in [-0.2, 0) is 14.3 Å². The normalized spacial score (nSPS) is 12.2. The Hall–Kier alpha value is -1.27. The summed E-state index contributed by atoms with van der Waals surface area (Å²) in [4.78, 5) is 10.2. The molecule has 3 nitrogen and oxygen atoms in total. The lowest BCUT2D eigenvalue weighted by Crippen LogP contribution is -2.27. The highest BCUT2D eigenvalue weighted by Crippen LogP contribution is 2.24. The molecule has 0 unspecified atom stereocenters. The van der Waals surface area contributed by atoms with E-state index in [2.05, 4.69) is 9.47 Å². The molecule has 13 heavy (non-hydrogen) atoms. The highest BCUT2D eigenvalue weighted by Gasteiger charge is 2.42. The second kappa shape index (κ2) is 4.68. The number of ether oxygens (including phenoxy) is 2. The zero-order valence-electron chi connectivity index (χ0n) is 6.47. The molecule has 0 N–H and O–H groups in total. The Morgan fingerprint density at radius 3 is 2.38 bits per heavy atom. The van der Waals surface area contributed by atoms with E-state index in [0.29, 0.717) is 6.08 Å². The van der Waals surface area contributed by atoms with Gasteiger partial charge >= 0.3 is 18.5 Å². The van der Waals surface area contributed by atoms with Crippen LogP contribution in [0.1, 0.15) is 0 Å². The summed E-state index contributed by atoms with van der Waals surface area (Å²) in [6, 6.07) is 0. The second-order valence-corrected chi connectivity index (χ2v) is 1.81. The van der Waals surface area contributed by atoms with Gasteiger partial charge in [-0.1, -0.05) is 0 Å². The number of carbonyl (C=O) groups excluding carboxylic acids is 1. The first-order chi connectivity index (χ1) is 5.90. The SMILES string of the molecule is COC(=O)C=COC(F)(F)C(F)F. The average Bonchev–Trinajstić information content (AvgIpc) is 2.03. The summed E-state index contributed by atoms with van der Waals surface area (Å²) in [5, 5.41) is 0. The highest BCUT2D eigenvalue weighted by atomic mass is 19.3. The second-order valence-electron chi connectivity index (χ2n) is 1.81. The maximum absolute atomic E-state index is 11.9. The Morgan fingerprint density at radius 2 is 2.00 bits per heavy atom. The number of rotatable bonds is 4. The summed E-state index contributed by atoms with van der Waals surface area (Å²) in [6.45, 7) is 0. The van der Waals surface area contributed by atoms with Gasteiger partial charge in [-0.15, -0.1) is 0 Å². The van der Waals surface area contributed by atoms with Crippen LogP contribution in [0.5, 0.6) is 0 Å². The fourth-order valence-corrected chi connectivity index (χ4v) is 0.300. The molecule has 0 saturated carbocycles. The van der Waals surface area contributed by atoms with Gasteiger partial charge in [0, 0.05) is 0 Å². The Bertz CT molecular complexity index is 202.